The lowest BCUT2D eigenvalue weighted by atomic mass is 10.2. The first kappa shape index (κ1) is 20.4. The molecule has 0 saturated carbocycles. The molecular weight excluding hydrogens is 326 g/mol. The van der Waals surface area contributed by atoms with Gasteiger partial charge in [-0.3, -0.25) is 9.69 Å². The van der Waals surface area contributed by atoms with Crippen LogP contribution in [0.1, 0.15) is 39.2 Å². The predicted octanol–water partition coefficient (Wildman–Crippen LogP) is 4.02. The highest BCUT2D eigenvalue weighted by Crippen LogP contribution is 2.14. The van der Waals surface area contributed by atoms with Crippen LogP contribution in [0.5, 0.6) is 0 Å². The summed E-state index contributed by atoms with van der Waals surface area (Å²) in [4.78, 5) is 24.2. The fraction of sp³-hybridized carbons (Fsp3) is 0.556. The number of amides is 1. The van der Waals surface area contributed by atoms with E-state index in [2.05, 4.69) is 12.1 Å². The van der Waals surface area contributed by atoms with E-state index in [-0.39, 0.29) is 6.54 Å². The molecule has 0 spiro atoms. The molecule has 0 aliphatic rings. The Morgan fingerprint density at radius 1 is 1.17 bits per heavy atom. The number of hydrogen-bond acceptors (Lipinski definition) is 4. The van der Waals surface area contributed by atoms with Gasteiger partial charge in [-0.25, -0.2) is 4.79 Å². The molecule has 0 saturated heterocycles. The van der Waals surface area contributed by atoms with E-state index in [1.165, 1.54) is 10.5 Å². The quantitative estimate of drug-likeness (QED) is 0.679. The molecule has 0 unspecified atom stereocenters. The van der Waals surface area contributed by atoms with Gasteiger partial charge in [0.25, 0.3) is 0 Å². The molecule has 5 nitrogen and oxygen atoms in total. The summed E-state index contributed by atoms with van der Waals surface area (Å²) in [5.41, 5.74) is 0.670. The van der Waals surface area contributed by atoms with Crippen molar-refractivity contribution in [3.8, 4) is 0 Å². The van der Waals surface area contributed by atoms with Gasteiger partial charge < -0.3 is 9.84 Å². The summed E-state index contributed by atoms with van der Waals surface area (Å²) in [5.74, 6) is 0.912. The Labute approximate surface area is 148 Å². The highest BCUT2D eigenvalue weighted by Gasteiger charge is 2.23. The lowest BCUT2D eigenvalue weighted by molar-refractivity contribution is -0.138. The molecule has 1 N–H and O–H groups in total. The molecule has 1 rings (SSSR count). The lowest BCUT2D eigenvalue weighted by Crippen LogP contribution is -2.40. The summed E-state index contributed by atoms with van der Waals surface area (Å²) in [6.07, 6.45) is 1.12. The van der Waals surface area contributed by atoms with Crippen molar-refractivity contribution in [1.29, 1.82) is 0 Å². The molecule has 0 fully saturated rings. The SMILES string of the molecule is CC(C)(C)OC(=O)N(CCCCSCc1ccccc1)CC(=O)O. The smallest absolute Gasteiger partial charge is 0.410 e. The fourth-order valence-corrected chi connectivity index (χ4v) is 2.98. The molecule has 134 valence electrons. The summed E-state index contributed by atoms with van der Waals surface area (Å²) in [6.45, 7) is 5.37. The molecule has 1 amide bonds. The van der Waals surface area contributed by atoms with Crippen LogP contribution in [0.2, 0.25) is 0 Å². The third-order valence-electron chi connectivity index (χ3n) is 3.06. The van der Waals surface area contributed by atoms with Crippen molar-refractivity contribution in [3.05, 3.63) is 35.9 Å². The van der Waals surface area contributed by atoms with Crippen LogP contribution in [-0.2, 0) is 15.3 Å². The monoisotopic (exact) mass is 353 g/mol. The van der Waals surface area contributed by atoms with Crippen LogP contribution in [-0.4, -0.2) is 46.5 Å². The number of rotatable bonds is 9. The number of ether oxygens (including phenoxy) is 1. The number of carboxylic acid groups (broad SMARTS) is 1. The number of benzene rings is 1. The maximum Gasteiger partial charge on any atom is 0.410 e. The first-order valence-electron chi connectivity index (χ1n) is 8.09. The molecule has 1 aromatic carbocycles. The van der Waals surface area contributed by atoms with Gasteiger partial charge in [-0.15, -0.1) is 0 Å². The van der Waals surface area contributed by atoms with Crippen LogP contribution < -0.4 is 0 Å². The van der Waals surface area contributed by atoms with E-state index in [9.17, 15) is 9.59 Å². The summed E-state index contributed by atoms with van der Waals surface area (Å²) in [6, 6.07) is 10.3. The van der Waals surface area contributed by atoms with Crippen molar-refractivity contribution in [2.24, 2.45) is 0 Å². The Kier molecular flexibility index (Phi) is 8.68. The number of carbonyl (C=O) groups is 2. The number of thioether (sulfide) groups is 1. The average Bonchev–Trinajstić information content (AvgIpc) is 2.48. The third-order valence-corrected chi connectivity index (χ3v) is 4.17. The van der Waals surface area contributed by atoms with E-state index in [0.717, 1.165) is 24.3 Å². The van der Waals surface area contributed by atoms with Crippen molar-refractivity contribution in [3.63, 3.8) is 0 Å². The summed E-state index contributed by atoms with van der Waals surface area (Å²) in [7, 11) is 0. The largest absolute Gasteiger partial charge is 0.480 e. The maximum absolute atomic E-state index is 12.0. The Morgan fingerprint density at radius 2 is 1.83 bits per heavy atom. The van der Waals surface area contributed by atoms with Gasteiger partial charge in [0.1, 0.15) is 12.1 Å². The summed E-state index contributed by atoms with van der Waals surface area (Å²) in [5, 5.41) is 8.94. The maximum atomic E-state index is 12.0. The summed E-state index contributed by atoms with van der Waals surface area (Å²) < 4.78 is 5.26. The molecule has 0 aromatic heterocycles. The third kappa shape index (κ3) is 9.45. The van der Waals surface area contributed by atoms with Crippen LogP contribution in [0.15, 0.2) is 30.3 Å². The minimum absolute atomic E-state index is 0.327. The average molecular weight is 353 g/mol. The highest BCUT2D eigenvalue weighted by molar-refractivity contribution is 7.98. The van der Waals surface area contributed by atoms with Gasteiger partial charge in [0, 0.05) is 12.3 Å². The van der Waals surface area contributed by atoms with Gasteiger partial charge in [0.05, 0.1) is 0 Å². The minimum Gasteiger partial charge on any atom is -0.480 e. The first-order valence-corrected chi connectivity index (χ1v) is 9.25. The van der Waals surface area contributed by atoms with Gasteiger partial charge in [0.15, 0.2) is 0 Å². The van der Waals surface area contributed by atoms with Gasteiger partial charge in [0.2, 0.25) is 0 Å². The molecule has 0 atom stereocenters. The predicted molar refractivity (Wildman–Crippen MR) is 97.3 cm³/mol. The van der Waals surface area contributed by atoms with E-state index >= 15 is 0 Å². The Balaban J connectivity index is 2.29. The van der Waals surface area contributed by atoms with E-state index in [4.69, 9.17) is 9.84 Å². The highest BCUT2D eigenvalue weighted by atomic mass is 32.2. The van der Waals surface area contributed by atoms with E-state index in [1.54, 1.807) is 20.8 Å². The number of unbranched alkanes of at least 4 members (excludes halogenated alkanes) is 1. The second kappa shape index (κ2) is 10.2. The second-order valence-electron chi connectivity index (χ2n) is 6.54. The van der Waals surface area contributed by atoms with Crippen LogP contribution in [0.3, 0.4) is 0 Å². The van der Waals surface area contributed by atoms with Crippen molar-refractivity contribution in [2.45, 2.75) is 45.0 Å². The van der Waals surface area contributed by atoms with Gasteiger partial charge >= 0.3 is 12.1 Å². The van der Waals surface area contributed by atoms with Crippen molar-refractivity contribution < 1.29 is 19.4 Å². The molecule has 0 bridgehead atoms. The van der Waals surface area contributed by atoms with Crippen molar-refractivity contribution in [2.75, 3.05) is 18.8 Å². The molecule has 1 aromatic rings. The second-order valence-corrected chi connectivity index (χ2v) is 7.65. The van der Waals surface area contributed by atoms with Crippen LogP contribution in [0, 0.1) is 0 Å². The van der Waals surface area contributed by atoms with E-state index in [0.29, 0.717) is 6.54 Å². The number of carboxylic acids is 1. The lowest BCUT2D eigenvalue weighted by Gasteiger charge is -2.26. The molecule has 0 heterocycles. The molecule has 0 radical (unpaired) electrons. The minimum atomic E-state index is -1.03. The van der Waals surface area contributed by atoms with Crippen LogP contribution in [0.25, 0.3) is 0 Å². The number of aliphatic carboxylic acids is 1. The zero-order chi connectivity index (χ0) is 18.0. The summed E-state index contributed by atoms with van der Waals surface area (Å²) >= 11 is 1.84. The number of carbonyl (C=O) groups excluding carboxylic acids is 1. The number of nitrogens with zero attached hydrogens (tertiary/aromatic N) is 1. The zero-order valence-corrected chi connectivity index (χ0v) is 15.5. The molecule has 24 heavy (non-hydrogen) atoms. The van der Waals surface area contributed by atoms with Crippen LogP contribution >= 0.6 is 11.8 Å². The van der Waals surface area contributed by atoms with Crippen LogP contribution in [0.4, 0.5) is 4.79 Å². The van der Waals surface area contributed by atoms with Gasteiger partial charge in [-0.05, 0) is 44.9 Å². The Bertz CT molecular complexity index is 514. The normalized spacial score (nSPS) is 11.1. The van der Waals surface area contributed by atoms with E-state index < -0.39 is 17.7 Å². The zero-order valence-electron chi connectivity index (χ0n) is 14.7. The number of hydrogen-bond donors (Lipinski definition) is 1. The van der Waals surface area contributed by atoms with Crippen molar-refractivity contribution in [1.82, 2.24) is 4.90 Å². The molecule has 0 aliphatic heterocycles. The van der Waals surface area contributed by atoms with Gasteiger partial charge in [-0.1, -0.05) is 30.3 Å². The topological polar surface area (TPSA) is 66.8 Å². The Hall–Kier alpha value is -1.69. The molecule has 6 heteroatoms. The Morgan fingerprint density at radius 3 is 2.42 bits per heavy atom. The fourth-order valence-electron chi connectivity index (χ4n) is 2.00. The van der Waals surface area contributed by atoms with E-state index in [1.807, 2.05) is 30.0 Å². The standard InChI is InChI=1S/C18H27NO4S/c1-18(2,3)23-17(22)19(13-16(20)21)11-7-8-12-24-14-15-9-5-4-6-10-15/h4-6,9-10H,7-8,11-14H2,1-3H3,(H,20,21). The first-order chi connectivity index (χ1) is 11.3. The molecular formula is C18H27NO4S. The molecule has 0 aliphatic carbocycles. The van der Waals surface area contributed by atoms with Crippen molar-refractivity contribution >= 4 is 23.8 Å². The van der Waals surface area contributed by atoms with Gasteiger partial charge in [-0.2, -0.15) is 11.8 Å².